The molecule has 0 saturated heterocycles. The molecule has 0 aliphatic rings. The molecule has 0 aliphatic carbocycles. The molecule has 0 spiro atoms. The second-order valence-corrected chi connectivity index (χ2v) is 5.95. The lowest BCUT2D eigenvalue weighted by Crippen LogP contribution is -2.16. The highest BCUT2D eigenvalue weighted by atomic mass is 35.5. The minimum atomic E-state index is -0.619. The molecule has 0 saturated carbocycles. The van der Waals surface area contributed by atoms with Gasteiger partial charge in [-0.2, -0.15) is 5.10 Å². The average molecular weight is 404 g/mol. The number of hydrogen-bond donors (Lipinski definition) is 1. The maximum Gasteiger partial charge on any atom is 0.307 e. The van der Waals surface area contributed by atoms with Crippen molar-refractivity contribution >= 4 is 40.4 Å². The lowest BCUT2D eigenvalue weighted by Gasteiger charge is -2.08. The zero-order chi connectivity index (χ0) is 20.3. The standard InChI is InChI=1S/C18H14ClN3O6/c1-26-15-7-11(13(22(24)25)8-16(15)27-2)9-20-21-18(23)17-6-10-5-12(19)3-4-14(10)28-17/h3-9H,1-2H3,(H,21,23)/b20-9+. The highest BCUT2D eigenvalue weighted by Crippen LogP contribution is 2.33. The normalized spacial score (nSPS) is 11.0. The summed E-state index contributed by atoms with van der Waals surface area (Å²) >= 11 is 5.91. The second kappa shape index (κ2) is 7.97. The van der Waals surface area contributed by atoms with Gasteiger partial charge in [0.1, 0.15) is 5.58 Å². The molecular formula is C18H14ClN3O6. The number of methoxy groups -OCH3 is 2. The molecule has 0 atom stereocenters. The van der Waals surface area contributed by atoms with Crippen molar-refractivity contribution in [3.05, 3.63) is 62.9 Å². The number of rotatable bonds is 6. The van der Waals surface area contributed by atoms with Gasteiger partial charge in [-0.05, 0) is 30.3 Å². The third-order valence-corrected chi connectivity index (χ3v) is 4.04. The van der Waals surface area contributed by atoms with Crippen molar-refractivity contribution in [3.63, 3.8) is 0 Å². The molecule has 1 aromatic heterocycles. The van der Waals surface area contributed by atoms with Crippen molar-refractivity contribution in [2.45, 2.75) is 0 Å². The fourth-order valence-corrected chi connectivity index (χ4v) is 2.67. The zero-order valence-corrected chi connectivity index (χ0v) is 15.5. The minimum absolute atomic E-state index is 0.0243. The van der Waals surface area contributed by atoms with Crippen LogP contribution in [0.4, 0.5) is 5.69 Å². The Bertz CT molecular complexity index is 1090. The van der Waals surface area contributed by atoms with Gasteiger partial charge in [0.15, 0.2) is 17.3 Å². The van der Waals surface area contributed by atoms with Crippen molar-refractivity contribution in [1.29, 1.82) is 0 Å². The van der Waals surface area contributed by atoms with E-state index in [0.29, 0.717) is 16.0 Å². The van der Waals surface area contributed by atoms with Gasteiger partial charge in [0, 0.05) is 10.4 Å². The minimum Gasteiger partial charge on any atom is -0.493 e. The fraction of sp³-hybridized carbons (Fsp3) is 0.111. The molecule has 0 unspecified atom stereocenters. The molecule has 0 radical (unpaired) electrons. The molecule has 10 heteroatoms. The first-order chi connectivity index (χ1) is 13.4. The van der Waals surface area contributed by atoms with Crippen LogP contribution in [0.1, 0.15) is 16.1 Å². The quantitative estimate of drug-likeness (QED) is 0.380. The van der Waals surface area contributed by atoms with Crippen LogP contribution in [0.5, 0.6) is 11.5 Å². The number of nitrogens with one attached hydrogen (secondary N) is 1. The summed E-state index contributed by atoms with van der Waals surface area (Å²) in [5.41, 5.74) is 2.63. The smallest absolute Gasteiger partial charge is 0.307 e. The molecule has 3 rings (SSSR count). The van der Waals surface area contributed by atoms with Gasteiger partial charge in [-0.3, -0.25) is 14.9 Å². The average Bonchev–Trinajstić information content (AvgIpc) is 3.10. The van der Waals surface area contributed by atoms with E-state index in [1.165, 1.54) is 32.4 Å². The Morgan fingerprint density at radius 2 is 1.93 bits per heavy atom. The van der Waals surface area contributed by atoms with E-state index in [-0.39, 0.29) is 28.5 Å². The highest BCUT2D eigenvalue weighted by molar-refractivity contribution is 6.31. The summed E-state index contributed by atoms with van der Waals surface area (Å²) in [5.74, 6) is -0.103. The Morgan fingerprint density at radius 1 is 1.21 bits per heavy atom. The first-order valence-electron chi connectivity index (χ1n) is 7.86. The number of hydrogen-bond acceptors (Lipinski definition) is 7. The molecular weight excluding hydrogens is 390 g/mol. The number of carbonyl (C=O) groups is 1. The third kappa shape index (κ3) is 3.89. The predicted octanol–water partition coefficient (Wildman–Crippen LogP) is 3.78. The summed E-state index contributed by atoms with van der Waals surface area (Å²) in [6.45, 7) is 0. The predicted molar refractivity (Wildman–Crippen MR) is 102 cm³/mol. The maximum absolute atomic E-state index is 12.2. The van der Waals surface area contributed by atoms with E-state index in [1.54, 1.807) is 18.2 Å². The number of amides is 1. The number of nitrogens with zero attached hydrogens (tertiary/aromatic N) is 2. The van der Waals surface area contributed by atoms with E-state index in [0.717, 1.165) is 6.21 Å². The Kier molecular flexibility index (Phi) is 5.46. The first kappa shape index (κ1) is 19.2. The number of nitro benzene ring substituents is 1. The van der Waals surface area contributed by atoms with Crippen LogP contribution in [0.25, 0.3) is 11.0 Å². The number of halogens is 1. The van der Waals surface area contributed by atoms with Gasteiger partial charge in [-0.1, -0.05) is 11.6 Å². The van der Waals surface area contributed by atoms with Gasteiger partial charge < -0.3 is 13.9 Å². The Balaban J connectivity index is 1.82. The van der Waals surface area contributed by atoms with Crippen LogP contribution in [0.3, 0.4) is 0 Å². The number of nitro groups is 1. The first-order valence-corrected chi connectivity index (χ1v) is 8.23. The van der Waals surface area contributed by atoms with Crippen molar-refractivity contribution in [2.75, 3.05) is 14.2 Å². The van der Waals surface area contributed by atoms with Crippen molar-refractivity contribution < 1.29 is 23.6 Å². The van der Waals surface area contributed by atoms with Crippen LogP contribution in [0.15, 0.2) is 45.9 Å². The van der Waals surface area contributed by atoms with E-state index in [2.05, 4.69) is 10.5 Å². The van der Waals surface area contributed by atoms with Gasteiger partial charge in [0.25, 0.3) is 5.69 Å². The molecule has 144 valence electrons. The Morgan fingerprint density at radius 3 is 2.61 bits per heavy atom. The monoisotopic (exact) mass is 403 g/mol. The summed E-state index contributed by atoms with van der Waals surface area (Å²) in [6.07, 6.45) is 1.14. The molecule has 28 heavy (non-hydrogen) atoms. The van der Waals surface area contributed by atoms with E-state index in [9.17, 15) is 14.9 Å². The number of furan rings is 1. The topological polar surface area (TPSA) is 116 Å². The molecule has 0 bridgehead atoms. The molecule has 0 aliphatic heterocycles. The Hall–Kier alpha value is -3.59. The number of carbonyl (C=O) groups excluding carboxylic acids is 1. The number of fused-ring (bicyclic) bond motifs is 1. The Labute approximate surface area is 163 Å². The molecule has 1 N–H and O–H groups in total. The summed E-state index contributed by atoms with van der Waals surface area (Å²) in [5, 5.41) is 16.2. The van der Waals surface area contributed by atoms with Crippen LogP contribution >= 0.6 is 11.6 Å². The second-order valence-electron chi connectivity index (χ2n) is 5.52. The van der Waals surface area contributed by atoms with Crippen molar-refractivity contribution in [1.82, 2.24) is 5.43 Å². The van der Waals surface area contributed by atoms with Gasteiger partial charge in [0.05, 0.1) is 37.0 Å². The largest absolute Gasteiger partial charge is 0.493 e. The molecule has 1 amide bonds. The van der Waals surface area contributed by atoms with E-state index < -0.39 is 10.8 Å². The van der Waals surface area contributed by atoms with Gasteiger partial charge >= 0.3 is 5.91 Å². The van der Waals surface area contributed by atoms with E-state index >= 15 is 0 Å². The van der Waals surface area contributed by atoms with Gasteiger partial charge in [0.2, 0.25) is 0 Å². The van der Waals surface area contributed by atoms with Crippen molar-refractivity contribution in [2.24, 2.45) is 5.10 Å². The van der Waals surface area contributed by atoms with Crippen LogP contribution in [0, 0.1) is 10.1 Å². The molecule has 3 aromatic rings. The molecule has 1 heterocycles. The summed E-state index contributed by atoms with van der Waals surface area (Å²) < 4.78 is 15.6. The summed E-state index contributed by atoms with van der Waals surface area (Å²) in [4.78, 5) is 22.9. The third-order valence-electron chi connectivity index (χ3n) is 3.80. The van der Waals surface area contributed by atoms with Crippen LogP contribution in [-0.4, -0.2) is 31.3 Å². The van der Waals surface area contributed by atoms with Gasteiger partial charge in [-0.25, -0.2) is 5.43 Å². The lowest BCUT2D eigenvalue weighted by molar-refractivity contribution is -0.385. The van der Waals surface area contributed by atoms with Crippen LogP contribution in [-0.2, 0) is 0 Å². The maximum atomic E-state index is 12.2. The number of hydrazone groups is 1. The number of benzene rings is 2. The van der Waals surface area contributed by atoms with Crippen molar-refractivity contribution in [3.8, 4) is 11.5 Å². The van der Waals surface area contributed by atoms with Crippen LogP contribution in [0.2, 0.25) is 5.02 Å². The number of ether oxygens (including phenoxy) is 2. The zero-order valence-electron chi connectivity index (χ0n) is 14.8. The summed E-state index contributed by atoms with van der Waals surface area (Å²) in [6, 6.07) is 9.06. The van der Waals surface area contributed by atoms with E-state index in [1.807, 2.05) is 0 Å². The molecule has 2 aromatic carbocycles. The SMILES string of the molecule is COc1cc(/C=N/NC(=O)c2cc3cc(Cl)ccc3o2)c([N+](=O)[O-])cc1OC. The molecule has 0 fully saturated rings. The molecule has 9 nitrogen and oxygen atoms in total. The van der Waals surface area contributed by atoms with Gasteiger partial charge in [-0.15, -0.1) is 0 Å². The lowest BCUT2D eigenvalue weighted by atomic mass is 10.1. The summed E-state index contributed by atoms with van der Waals surface area (Å²) in [7, 11) is 2.77. The van der Waals surface area contributed by atoms with Crippen LogP contribution < -0.4 is 14.9 Å². The fourth-order valence-electron chi connectivity index (χ4n) is 2.49. The van der Waals surface area contributed by atoms with E-state index in [4.69, 9.17) is 25.5 Å². The highest BCUT2D eigenvalue weighted by Gasteiger charge is 2.18.